The van der Waals surface area contributed by atoms with Crippen LogP contribution >= 0.6 is 0 Å². The topological polar surface area (TPSA) is 52.0 Å². The molecule has 0 radical (unpaired) electrons. The van der Waals surface area contributed by atoms with E-state index in [0.29, 0.717) is 12.1 Å². The van der Waals surface area contributed by atoms with Gasteiger partial charge in [0.05, 0.1) is 12.7 Å². The Balaban J connectivity index is 2.29. The summed E-state index contributed by atoms with van der Waals surface area (Å²) in [7, 11) is 0. The number of hydrogen-bond donors (Lipinski definition) is 0. The molecule has 2 aromatic rings. The molecule has 86 valence electrons. The second-order valence-electron chi connectivity index (χ2n) is 3.78. The summed E-state index contributed by atoms with van der Waals surface area (Å²) in [5.74, 6) is -0.151. The first-order chi connectivity index (χ1) is 8.16. The maximum Gasteiger partial charge on any atom is 0.267 e. The molecular weight excluding hydrogens is 216 g/mol. The summed E-state index contributed by atoms with van der Waals surface area (Å²) in [6.45, 7) is 1.83. The zero-order chi connectivity index (χ0) is 12.3. The lowest BCUT2D eigenvalue weighted by Crippen LogP contribution is -2.23. The van der Waals surface area contributed by atoms with Gasteiger partial charge in [-0.25, -0.2) is 4.68 Å². The lowest BCUT2D eigenvalue weighted by Gasteiger charge is -2.04. The van der Waals surface area contributed by atoms with Gasteiger partial charge in [-0.15, -0.1) is 0 Å². The van der Waals surface area contributed by atoms with Gasteiger partial charge in [-0.1, -0.05) is 30.3 Å². The Morgan fingerprint density at radius 3 is 2.59 bits per heavy atom. The van der Waals surface area contributed by atoms with Crippen molar-refractivity contribution in [2.45, 2.75) is 13.5 Å². The highest BCUT2D eigenvalue weighted by Gasteiger charge is 2.04. The number of carbonyl (C=O) groups excluding carboxylic acids is 1. The van der Waals surface area contributed by atoms with Crippen molar-refractivity contribution in [2.24, 2.45) is 0 Å². The van der Waals surface area contributed by atoms with E-state index < -0.39 is 0 Å². The highest BCUT2D eigenvalue weighted by atomic mass is 16.1. The van der Waals surface area contributed by atoms with Crippen LogP contribution in [0.2, 0.25) is 0 Å². The van der Waals surface area contributed by atoms with Crippen molar-refractivity contribution in [1.29, 1.82) is 0 Å². The molecule has 0 aliphatic rings. The molecule has 0 unspecified atom stereocenters. The molecule has 0 bridgehead atoms. The second kappa shape index (κ2) is 4.74. The van der Waals surface area contributed by atoms with Gasteiger partial charge in [-0.3, -0.25) is 9.59 Å². The van der Waals surface area contributed by atoms with Gasteiger partial charge in [0, 0.05) is 11.6 Å². The SMILES string of the molecule is CC(=O)c1cnn(Cc2ccccc2)c(=O)c1. The van der Waals surface area contributed by atoms with E-state index in [1.807, 2.05) is 30.3 Å². The Morgan fingerprint density at radius 1 is 1.29 bits per heavy atom. The summed E-state index contributed by atoms with van der Waals surface area (Å²) in [6.07, 6.45) is 1.42. The van der Waals surface area contributed by atoms with E-state index in [2.05, 4.69) is 5.10 Å². The fraction of sp³-hybridized carbons (Fsp3) is 0.154. The van der Waals surface area contributed by atoms with E-state index in [1.165, 1.54) is 23.9 Å². The quantitative estimate of drug-likeness (QED) is 0.748. The number of ketones is 1. The molecule has 1 aromatic heterocycles. The van der Waals surface area contributed by atoms with Crippen LogP contribution in [0.3, 0.4) is 0 Å². The van der Waals surface area contributed by atoms with Crippen molar-refractivity contribution in [2.75, 3.05) is 0 Å². The molecule has 0 atom stereocenters. The van der Waals surface area contributed by atoms with E-state index >= 15 is 0 Å². The van der Waals surface area contributed by atoms with Crippen LogP contribution in [0.5, 0.6) is 0 Å². The maximum absolute atomic E-state index is 11.7. The smallest absolute Gasteiger partial charge is 0.267 e. The predicted octanol–water partition coefficient (Wildman–Crippen LogP) is 1.49. The van der Waals surface area contributed by atoms with Crippen molar-refractivity contribution < 1.29 is 4.79 Å². The monoisotopic (exact) mass is 228 g/mol. The van der Waals surface area contributed by atoms with Crippen LogP contribution in [0.1, 0.15) is 22.8 Å². The molecule has 0 saturated carbocycles. The van der Waals surface area contributed by atoms with Gasteiger partial charge in [-0.2, -0.15) is 5.10 Å². The lowest BCUT2D eigenvalue weighted by molar-refractivity contribution is 0.101. The molecule has 0 fully saturated rings. The molecular formula is C13H12N2O2. The van der Waals surface area contributed by atoms with Gasteiger partial charge in [0.1, 0.15) is 0 Å². The highest BCUT2D eigenvalue weighted by molar-refractivity contribution is 5.93. The average molecular weight is 228 g/mol. The molecule has 0 saturated heterocycles. The number of carbonyl (C=O) groups is 1. The van der Waals surface area contributed by atoms with Crippen molar-refractivity contribution in [3.63, 3.8) is 0 Å². The molecule has 0 aliphatic heterocycles. The normalized spacial score (nSPS) is 10.2. The van der Waals surface area contributed by atoms with Gasteiger partial charge in [0.25, 0.3) is 5.56 Å². The summed E-state index contributed by atoms with van der Waals surface area (Å²) < 4.78 is 1.34. The fourth-order valence-electron chi connectivity index (χ4n) is 1.50. The minimum absolute atomic E-state index is 0.151. The van der Waals surface area contributed by atoms with E-state index in [0.717, 1.165) is 5.56 Å². The summed E-state index contributed by atoms with van der Waals surface area (Å²) in [4.78, 5) is 22.8. The fourth-order valence-corrected chi connectivity index (χ4v) is 1.50. The maximum atomic E-state index is 11.7. The Labute approximate surface area is 98.5 Å². The van der Waals surface area contributed by atoms with Crippen LogP contribution in [0.15, 0.2) is 47.4 Å². The molecule has 17 heavy (non-hydrogen) atoms. The first kappa shape index (κ1) is 11.3. The highest BCUT2D eigenvalue weighted by Crippen LogP contribution is 2.00. The molecule has 0 amide bonds. The minimum Gasteiger partial charge on any atom is -0.294 e. The molecule has 0 spiro atoms. The molecule has 0 aliphatic carbocycles. The number of benzene rings is 1. The van der Waals surface area contributed by atoms with E-state index in [4.69, 9.17) is 0 Å². The predicted molar refractivity (Wildman–Crippen MR) is 64.0 cm³/mol. The Bertz CT molecular complexity index is 588. The van der Waals surface area contributed by atoms with Crippen molar-refractivity contribution in [1.82, 2.24) is 9.78 Å². The van der Waals surface area contributed by atoms with Crippen molar-refractivity contribution in [3.05, 3.63) is 64.1 Å². The number of hydrogen-bond acceptors (Lipinski definition) is 3. The third-order valence-corrected chi connectivity index (χ3v) is 2.45. The zero-order valence-corrected chi connectivity index (χ0v) is 9.46. The van der Waals surface area contributed by atoms with Crippen molar-refractivity contribution >= 4 is 5.78 Å². The average Bonchev–Trinajstić information content (AvgIpc) is 2.33. The number of aromatic nitrogens is 2. The number of rotatable bonds is 3. The Kier molecular flexibility index (Phi) is 3.14. The van der Waals surface area contributed by atoms with Gasteiger partial charge < -0.3 is 0 Å². The van der Waals surface area contributed by atoms with Gasteiger partial charge in [0.15, 0.2) is 5.78 Å². The number of Topliss-reactive ketones (excluding diaryl/α,β-unsaturated/α-hetero) is 1. The second-order valence-corrected chi connectivity index (χ2v) is 3.78. The molecule has 4 nitrogen and oxygen atoms in total. The van der Waals surface area contributed by atoms with Crippen LogP contribution < -0.4 is 5.56 Å². The molecule has 4 heteroatoms. The van der Waals surface area contributed by atoms with Crippen molar-refractivity contribution in [3.8, 4) is 0 Å². The van der Waals surface area contributed by atoms with E-state index in [9.17, 15) is 9.59 Å². The molecule has 0 N–H and O–H groups in total. The number of nitrogens with zero attached hydrogens (tertiary/aromatic N) is 2. The van der Waals surface area contributed by atoms with Crippen LogP contribution in [-0.4, -0.2) is 15.6 Å². The van der Waals surface area contributed by atoms with Gasteiger partial charge in [0.2, 0.25) is 0 Å². The van der Waals surface area contributed by atoms with E-state index in [-0.39, 0.29) is 11.3 Å². The standard InChI is InChI=1S/C13H12N2O2/c1-10(16)12-7-13(17)15(14-8-12)9-11-5-3-2-4-6-11/h2-8H,9H2,1H3. The first-order valence-corrected chi connectivity index (χ1v) is 5.29. The lowest BCUT2D eigenvalue weighted by atomic mass is 10.2. The van der Waals surface area contributed by atoms with Crippen LogP contribution in [0.25, 0.3) is 0 Å². The summed E-state index contributed by atoms with van der Waals surface area (Å²) in [5, 5.41) is 3.98. The third-order valence-electron chi connectivity index (χ3n) is 2.45. The summed E-state index contributed by atoms with van der Waals surface area (Å²) >= 11 is 0. The Morgan fingerprint density at radius 2 is 2.00 bits per heavy atom. The van der Waals surface area contributed by atoms with Gasteiger partial charge in [-0.05, 0) is 12.5 Å². The van der Waals surface area contributed by atoms with Crippen LogP contribution in [0.4, 0.5) is 0 Å². The third kappa shape index (κ3) is 2.66. The molecule has 1 heterocycles. The van der Waals surface area contributed by atoms with Crippen LogP contribution in [-0.2, 0) is 6.54 Å². The van der Waals surface area contributed by atoms with Crippen LogP contribution in [0, 0.1) is 0 Å². The molecule has 2 rings (SSSR count). The van der Waals surface area contributed by atoms with Gasteiger partial charge >= 0.3 is 0 Å². The first-order valence-electron chi connectivity index (χ1n) is 5.29. The zero-order valence-electron chi connectivity index (χ0n) is 9.46. The molecule has 1 aromatic carbocycles. The summed E-state index contributed by atoms with van der Waals surface area (Å²) in [6, 6.07) is 10.9. The summed E-state index contributed by atoms with van der Waals surface area (Å²) in [5.41, 5.74) is 1.08. The van der Waals surface area contributed by atoms with E-state index in [1.54, 1.807) is 0 Å². The minimum atomic E-state index is -0.262. The Hall–Kier alpha value is -2.23. The largest absolute Gasteiger partial charge is 0.294 e.